The Kier molecular flexibility index (Phi) is 20.7. The third-order valence-corrected chi connectivity index (χ3v) is 14.1. The van der Waals surface area contributed by atoms with Crippen LogP contribution in [0.1, 0.15) is 92.7 Å². The van der Waals surface area contributed by atoms with Crippen LogP contribution in [0.5, 0.6) is 0 Å². The Morgan fingerprint density at radius 1 is 0.757 bits per heavy atom. The van der Waals surface area contributed by atoms with Crippen molar-refractivity contribution in [1.82, 2.24) is 10.6 Å². The van der Waals surface area contributed by atoms with Crippen LogP contribution in [0.3, 0.4) is 0 Å². The zero-order valence-corrected chi connectivity index (χ0v) is 47.7. The largest absolute Gasteiger partial charge is 1.00 e. The number of hydrogen-bond acceptors (Lipinski definition) is 9. The molecule has 1 aliphatic carbocycles. The number of unbranched alkanes of at least 4 members (excludes halogenated alkanes) is 2. The van der Waals surface area contributed by atoms with Gasteiger partial charge in [-0.1, -0.05) is 87.4 Å². The fraction of sp³-hybridized carbons (Fsp3) is 0.353. The number of rotatable bonds is 17. The molecule has 0 radical (unpaired) electrons. The van der Waals surface area contributed by atoms with Crippen molar-refractivity contribution in [2.75, 3.05) is 29.0 Å². The number of urea groups is 2. The number of fused-ring (bicyclic) bond motifs is 2. The van der Waals surface area contributed by atoms with Crippen LogP contribution < -0.4 is 96.0 Å². The molecular weight excluding hydrogens is 951 g/mol. The predicted molar refractivity (Wildman–Crippen MR) is 265 cm³/mol. The Balaban J connectivity index is 0.00000533. The molecule has 15 nitrogen and oxygen atoms in total. The molecule has 70 heavy (non-hydrogen) atoms. The summed E-state index contributed by atoms with van der Waals surface area (Å²) in [6.45, 7) is 18.5. The molecule has 0 saturated heterocycles. The van der Waals surface area contributed by atoms with E-state index < -0.39 is 30.0 Å². The Morgan fingerprint density at radius 2 is 1.37 bits per heavy atom. The topological polar surface area (TPSA) is 233 Å². The van der Waals surface area contributed by atoms with Crippen LogP contribution in [-0.2, 0) is 20.2 Å². The molecule has 0 spiro atoms. The van der Waals surface area contributed by atoms with E-state index in [0.717, 1.165) is 66.8 Å². The number of anilines is 4. The summed E-state index contributed by atoms with van der Waals surface area (Å²) >= 11 is 0. The molecule has 19 heteroatoms. The molecule has 2 aliphatic rings. The molecule has 4 aromatic rings. The van der Waals surface area contributed by atoms with Crippen molar-refractivity contribution in [2.24, 2.45) is 5.92 Å². The number of carbonyl (C=O) groups excluding carboxylic acids is 2. The summed E-state index contributed by atoms with van der Waals surface area (Å²) in [6, 6.07) is 17.6. The molecule has 0 saturated carbocycles. The molecule has 362 valence electrons. The van der Waals surface area contributed by atoms with Crippen molar-refractivity contribution in [3.05, 3.63) is 105 Å². The molecule has 4 aromatic carbocycles. The maximum Gasteiger partial charge on any atom is 1.00 e. The summed E-state index contributed by atoms with van der Waals surface area (Å²) in [5.74, 6) is 0.388. The second-order valence-electron chi connectivity index (χ2n) is 17.4. The first kappa shape index (κ1) is 58.3. The van der Waals surface area contributed by atoms with Gasteiger partial charge in [0.15, 0.2) is 0 Å². The molecule has 1 aliphatic heterocycles. The van der Waals surface area contributed by atoms with Crippen LogP contribution in [0.15, 0.2) is 74.9 Å². The minimum atomic E-state index is -5.24. The van der Waals surface area contributed by atoms with E-state index in [1.807, 2.05) is 53.7 Å². The second kappa shape index (κ2) is 24.9. The first-order chi connectivity index (χ1) is 32.2. The predicted octanol–water partition coefficient (Wildman–Crippen LogP) is 3.33. The van der Waals surface area contributed by atoms with Gasteiger partial charge in [0.1, 0.15) is 25.7 Å². The van der Waals surface area contributed by atoms with Gasteiger partial charge in [-0.3, -0.25) is 4.55 Å². The number of nitrogens with one attached hydrogen (secondary N) is 6. The minimum Gasteiger partial charge on any atom is -0.744 e. The first-order valence-electron chi connectivity index (χ1n) is 22.8. The molecule has 6 rings (SSSR count). The maximum absolute atomic E-state index is 13.3. The van der Waals surface area contributed by atoms with Gasteiger partial charge < -0.3 is 35.6 Å². The van der Waals surface area contributed by atoms with Gasteiger partial charge in [0.2, 0.25) is 11.0 Å². The van der Waals surface area contributed by atoms with Gasteiger partial charge in [-0.2, -0.15) is 20.6 Å². The standard InChI is InChI=1S/C51H61N6O9S2.2Na/c1-10-13-17-35(12-3)28-53-51(59)57-49-32(7)24-30(5)47(34(49)9)55-40-27-42-39(26-44(40)68(63,64)65)45(38-18-15-16-19-43(38)67(60,61)62)37-21-20-36(25-41(37)66-42)54-46-29(4)23-31(6)48(33(46)8)56-50(58)52-22-14-11-2;;/h15-16,18-19,21,23-27,35,54H,10-14,17,22,28H2,1-9H3,(H2,52,56,58)(H2,53,57,59)(H,60,61,62)(H,63,64,65);;/q-1;2*+1. The number of amides is 4. The van der Waals surface area contributed by atoms with Crippen molar-refractivity contribution in [2.45, 2.75) is 111 Å². The van der Waals surface area contributed by atoms with Crippen LogP contribution >= 0.6 is 0 Å². The van der Waals surface area contributed by atoms with Crippen LogP contribution in [-0.4, -0.2) is 51.1 Å². The molecule has 7 N–H and O–H groups in total. The maximum atomic E-state index is 13.3. The minimum absolute atomic E-state index is 0. The second-order valence-corrected chi connectivity index (χ2v) is 20.1. The molecule has 1 atom stereocenters. The van der Waals surface area contributed by atoms with Gasteiger partial charge >= 0.3 is 71.2 Å². The molecule has 4 amide bonds. The Hall–Kier alpha value is -4.27. The monoisotopic (exact) mass is 1010 g/mol. The van der Waals surface area contributed by atoms with Gasteiger partial charge in [-0.25, -0.2) is 23.0 Å². The van der Waals surface area contributed by atoms with Gasteiger partial charge in [0, 0.05) is 41.1 Å². The van der Waals surface area contributed by atoms with Gasteiger partial charge in [-0.05, 0) is 106 Å². The molecular formula is C51H61N6Na2O9S2+. The van der Waals surface area contributed by atoms with Crippen molar-refractivity contribution >= 4 is 71.7 Å². The normalized spacial score (nSPS) is 12.2. The molecule has 0 fully saturated rings. The van der Waals surface area contributed by atoms with Crippen LogP contribution in [0, 0.1) is 53.5 Å². The summed E-state index contributed by atoms with van der Waals surface area (Å²) in [5.41, 5.74) is 7.62. The van der Waals surface area contributed by atoms with Gasteiger partial charge in [0.05, 0.1) is 17.4 Å². The fourth-order valence-corrected chi connectivity index (χ4v) is 10.0. The van der Waals surface area contributed by atoms with E-state index in [1.165, 1.54) is 24.3 Å². The van der Waals surface area contributed by atoms with Gasteiger partial charge in [0.25, 0.3) is 10.1 Å². The Labute approximate surface area is 455 Å². The van der Waals surface area contributed by atoms with Gasteiger partial charge in [-0.15, -0.1) is 6.07 Å². The van der Waals surface area contributed by atoms with Crippen LogP contribution in [0.4, 0.5) is 38.0 Å². The SMILES string of the molecule is CCCCNC(=O)Nc1c(C)cc(C)c(Nc2[c-]cc3c(-c4ccccc4S(=O)(=O)O)c4cc(S(=O)(=O)[O-])c(=[NH+]c5c(C)cc(C)c(NC(=O)NCC(CC)CCCC)c5C)cc-4oc3c2)c1C.[Na+].[Na+]. The summed E-state index contributed by atoms with van der Waals surface area (Å²) in [6.07, 6.45) is 5.83. The van der Waals surface area contributed by atoms with E-state index in [2.05, 4.69) is 51.5 Å². The number of aryl methyl sites for hydroxylation is 4. The fourth-order valence-electron chi connectivity index (χ4n) is 8.70. The number of hydrogen-bond donors (Lipinski definition) is 7. The van der Waals surface area contributed by atoms with E-state index >= 15 is 0 Å². The van der Waals surface area contributed by atoms with E-state index in [4.69, 9.17) is 4.42 Å². The third kappa shape index (κ3) is 13.6. The zero-order valence-electron chi connectivity index (χ0n) is 42.0. The summed E-state index contributed by atoms with van der Waals surface area (Å²) in [7, 11) is -10.1. The van der Waals surface area contributed by atoms with E-state index in [1.54, 1.807) is 25.1 Å². The van der Waals surface area contributed by atoms with Crippen molar-refractivity contribution in [3.63, 3.8) is 0 Å². The average molecular weight is 1010 g/mol. The summed E-state index contributed by atoms with van der Waals surface area (Å²) < 4.78 is 82.5. The molecule has 1 unspecified atom stereocenters. The summed E-state index contributed by atoms with van der Waals surface area (Å²) in [5, 5.41) is 15.4. The molecule has 0 aromatic heterocycles. The Morgan fingerprint density at radius 3 is 2.00 bits per heavy atom. The number of carbonyl (C=O) groups is 2. The average Bonchev–Trinajstić information content (AvgIpc) is 3.27. The van der Waals surface area contributed by atoms with Crippen molar-refractivity contribution < 1.29 is 104 Å². The van der Waals surface area contributed by atoms with Crippen LogP contribution in [0.2, 0.25) is 0 Å². The smallest absolute Gasteiger partial charge is 0.744 e. The zero-order chi connectivity index (χ0) is 49.7. The summed E-state index contributed by atoms with van der Waals surface area (Å²) in [4.78, 5) is 28.1. The van der Waals surface area contributed by atoms with E-state index in [0.29, 0.717) is 58.6 Å². The molecule has 0 bridgehead atoms. The quantitative estimate of drug-likeness (QED) is 0.0232. The Bertz CT molecular complexity index is 3180. The van der Waals surface area contributed by atoms with E-state index in [-0.39, 0.29) is 110 Å². The first-order valence-corrected chi connectivity index (χ1v) is 25.7. The van der Waals surface area contributed by atoms with E-state index in [9.17, 15) is 35.5 Å². The van der Waals surface area contributed by atoms with Crippen molar-refractivity contribution in [1.29, 1.82) is 0 Å². The number of benzene rings is 5. The molecule has 1 heterocycles. The third-order valence-electron chi connectivity index (χ3n) is 12.3. The van der Waals surface area contributed by atoms with Crippen LogP contribution in [0.25, 0.3) is 33.4 Å². The van der Waals surface area contributed by atoms with Crippen molar-refractivity contribution in [3.8, 4) is 22.5 Å².